The Labute approximate surface area is 209 Å². The predicted octanol–water partition coefficient (Wildman–Crippen LogP) is 3.64. The van der Waals surface area contributed by atoms with Crippen molar-refractivity contribution >= 4 is 16.8 Å². The first-order chi connectivity index (χ1) is 17.7. The van der Waals surface area contributed by atoms with Crippen LogP contribution >= 0.6 is 0 Å². The minimum atomic E-state index is 0.126. The molecule has 2 fully saturated rings. The smallest absolute Gasteiger partial charge is 0.248 e. The minimum Gasteiger partial charge on any atom is -0.439 e. The highest BCUT2D eigenvalue weighted by atomic mass is 16.5. The van der Waals surface area contributed by atoms with Crippen LogP contribution in [-0.4, -0.2) is 74.8 Å². The fourth-order valence-corrected chi connectivity index (χ4v) is 4.97. The number of carbonyl (C=O) groups excluding carboxylic acids is 1. The van der Waals surface area contributed by atoms with Crippen molar-refractivity contribution in [3.05, 3.63) is 66.6 Å². The molecule has 6 rings (SSSR count). The van der Waals surface area contributed by atoms with E-state index in [0.29, 0.717) is 25.1 Å². The molecule has 9 nitrogen and oxygen atoms in total. The van der Waals surface area contributed by atoms with Gasteiger partial charge in [0, 0.05) is 61.6 Å². The van der Waals surface area contributed by atoms with Gasteiger partial charge in [-0.05, 0) is 49.2 Å². The second kappa shape index (κ2) is 10.0. The molecule has 2 aliphatic heterocycles. The van der Waals surface area contributed by atoms with Crippen molar-refractivity contribution in [2.45, 2.75) is 25.4 Å². The van der Waals surface area contributed by atoms with Crippen LogP contribution in [0.3, 0.4) is 0 Å². The summed E-state index contributed by atoms with van der Waals surface area (Å²) in [7, 11) is 0. The van der Waals surface area contributed by atoms with Crippen molar-refractivity contribution in [2.24, 2.45) is 0 Å². The van der Waals surface area contributed by atoms with E-state index in [4.69, 9.17) is 14.5 Å². The molecule has 1 aromatic carbocycles. The van der Waals surface area contributed by atoms with Crippen LogP contribution in [0.15, 0.2) is 60.9 Å². The molecule has 0 saturated carbocycles. The highest BCUT2D eigenvalue weighted by molar-refractivity contribution is 5.80. The number of pyridine rings is 2. The second-order valence-electron chi connectivity index (χ2n) is 9.26. The Hall–Kier alpha value is -3.82. The number of aromatic nitrogens is 4. The topological polar surface area (TPSA) is 96.5 Å². The summed E-state index contributed by atoms with van der Waals surface area (Å²) < 4.78 is 11.2. The van der Waals surface area contributed by atoms with Crippen LogP contribution in [0, 0.1) is 0 Å². The monoisotopic (exact) mass is 484 g/mol. The fraction of sp³-hybridized carbons (Fsp3) is 0.333. The second-order valence-corrected chi connectivity index (χ2v) is 9.26. The third kappa shape index (κ3) is 4.93. The Bertz CT molecular complexity index is 1330. The molecule has 0 bridgehead atoms. The van der Waals surface area contributed by atoms with Gasteiger partial charge in [-0.15, -0.1) is 0 Å². The predicted molar refractivity (Wildman–Crippen MR) is 134 cm³/mol. The lowest BCUT2D eigenvalue weighted by Gasteiger charge is -2.40. The van der Waals surface area contributed by atoms with Crippen molar-refractivity contribution < 1.29 is 14.3 Å². The van der Waals surface area contributed by atoms with Crippen LogP contribution in [0.2, 0.25) is 0 Å². The molecule has 2 aliphatic rings. The van der Waals surface area contributed by atoms with E-state index in [1.54, 1.807) is 12.4 Å². The summed E-state index contributed by atoms with van der Waals surface area (Å²) in [5.74, 6) is 1.38. The zero-order chi connectivity index (χ0) is 24.3. The molecule has 2 saturated heterocycles. The van der Waals surface area contributed by atoms with E-state index in [9.17, 15) is 4.79 Å². The SMILES string of the molecule is O=C1COCCN1C1CCN(Cc2ccc3cc(Oc4ccc(-c5ccn[nH]5)cn4)ccc3n2)CC1. The molecule has 0 unspecified atom stereocenters. The first-order valence-electron chi connectivity index (χ1n) is 12.3. The molecule has 0 radical (unpaired) electrons. The Balaban J connectivity index is 1.07. The third-order valence-electron chi connectivity index (χ3n) is 6.89. The van der Waals surface area contributed by atoms with Gasteiger partial charge in [0.1, 0.15) is 12.4 Å². The number of H-pyrrole nitrogens is 1. The zero-order valence-corrected chi connectivity index (χ0v) is 20.0. The van der Waals surface area contributed by atoms with Gasteiger partial charge in [0.15, 0.2) is 0 Å². The van der Waals surface area contributed by atoms with Gasteiger partial charge in [-0.2, -0.15) is 5.10 Å². The number of hydrogen-bond acceptors (Lipinski definition) is 7. The summed E-state index contributed by atoms with van der Waals surface area (Å²) in [5.41, 5.74) is 3.86. The van der Waals surface area contributed by atoms with E-state index in [-0.39, 0.29) is 12.5 Å². The molecule has 1 amide bonds. The van der Waals surface area contributed by atoms with Crippen LogP contribution in [0.4, 0.5) is 0 Å². The van der Waals surface area contributed by atoms with Crippen LogP contribution in [0.5, 0.6) is 11.6 Å². The molecule has 0 aliphatic carbocycles. The summed E-state index contributed by atoms with van der Waals surface area (Å²) >= 11 is 0. The normalized spacial score (nSPS) is 17.6. The van der Waals surface area contributed by atoms with E-state index >= 15 is 0 Å². The molecular weight excluding hydrogens is 456 g/mol. The quantitative estimate of drug-likeness (QED) is 0.446. The number of piperidine rings is 1. The summed E-state index contributed by atoms with van der Waals surface area (Å²) in [6, 6.07) is 16.1. The molecule has 184 valence electrons. The van der Waals surface area contributed by atoms with E-state index in [1.807, 2.05) is 41.3 Å². The number of hydrogen-bond donors (Lipinski definition) is 1. The highest BCUT2D eigenvalue weighted by Gasteiger charge is 2.29. The van der Waals surface area contributed by atoms with Crippen molar-refractivity contribution in [1.82, 2.24) is 30.0 Å². The third-order valence-corrected chi connectivity index (χ3v) is 6.89. The summed E-state index contributed by atoms with van der Waals surface area (Å²) in [4.78, 5) is 25.9. The summed E-state index contributed by atoms with van der Waals surface area (Å²) in [6.07, 6.45) is 5.47. The lowest BCUT2D eigenvalue weighted by Crippen LogP contribution is -2.51. The summed E-state index contributed by atoms with van der Waals surface area (Å²) in [6.45, 7) is 4.33. The average molecular weight is 485 g/mol. The van der Waals surface area contributed by atoms with E-state index in [0.717, 1.165) is 66.1 Å². The molecule has 36 heavy (non-hydrogen) atoms. The van der Waals surface area contributed by atoms with Gasteiger partial charge in [-0.1, -0.05) is 6.07 Å². The van der Waals surface area contributed by atoms with Crippen molar-refractivity contribution in [2.75, 3.05) is 32.8 Å². The summed E-state index contributed by atoms with van der Waals surface area (Å²) in [5, 5.41) is 7.92. The molecule has 5 heterocycles. The highest BCUT2D eigenvalue weighted by Crippen LogP contribution is 2.26. The number of nitrogens with one attached hydrogen (secondary N) is 1. The number of aromatic amines is 1. The van der Waals surface area contributed by atoms with Gasteiger partial charge >= 0.3 is 0 Å². The lowest BCUT2D eigenvalue weighted by molar-refractivity contribution is -0.146. The van der Waals surface area contributed by atoms with Crippen LogP contribution < -0.4 is 4.74 Å². The Kier molecular flexibility index (Phi) is 6.31. The number of fused-ring (bicyclic) bond motifs is 1. The maximum atomic E-state index is 12.1. The number of carbonyl (C=O) groups is 1. The Morgan fingerprint density at radius 1 is 1.06 bits per heavy atom. The van der Waals surface area contributed by atoms with Crippen molar-refractivity contribution in [1.29, 1.82) is 0 Å². The van der Waals surface area contributed by atoms with Gasteiger partial charge in [-0.3, -0.25) is 19.8 Å². The zero-order valence-electron chi connectivity index (χ0n) is 20.0. The minimum absolute atomic E-state index is 0.126. The van der Waals surface area contributed by atoms with Gasteiger partial charge in [0.2, 0.25) is 11.8 Å². The van der Waals surface area contributed by atoms with Gasteiger partial charge in [0.25, 0.3) is 0 Å². The number of nitrogens with zero attached hydrogens (tertiary/aromatic N) is 5. The van der Waals surface area contributed by atoms with E-state index in [2.05, 4.69) is 32.2 Å². The van der Waals surface area contributed by atoms with Crippen LogP contribution in [0.1, 0.15) is 18.5 Å². The molecule has 3 aromatic heterocycles. The van der Waals surface area contributed by atoms with E-state index < -0.39 is 0 Å². The lowest BCUT2D eigenvalue weighted by atomic mass is 10.0. The van der Waals surface area contributed by atoms with Crippen LogP contribution in [-0.2, 0) is 16.1 Å². The molecule has 0 atom stereocenters. The largest absolute Gasteiger partial charge is 0.439 e. The molecular formula is C27H28N6O3. The van der Waals surface area contributed by atoms with Gasteiger partial charge in [-0.25, -0.2) is 4.98 Å². The Morgan fingerprint density at radius 3 is 2.75 bits per heavy atom. The number of rotatable bonds is 6. The van der Waals surface area contributed by atoms with Crippen molar-refractivity contribution in [3.63, 3.8) is 0 Å². The van der Waals surface area contributed by atoms with Gasteiger partial charge in [0.05, 0.1) is 23.5 Å². The standard InChI is InChI=1S/C27H28N6O3/c34-27-18-35-14-13-33(27)22-8-11-32(12-9-22)17-21-3-1-19-15-23(4-5-24(19)30-21)36-26-6-2-20(16-28-26)25-7-10-29-31-25/h1-7,10,15-16,22H,8-9,11-14,17-18H2,(H,29,31). The first-order valence-corrected chi connectivity index (χ1v) is 12.3. The van der Waals surface area contributed by atoms with Gasteiger partial charge < -0.3 is 14.4 Å². The number of ether oxygens (including phenoxy) is 2. The number of amides is 1. The average Bonchev–Trinajstić information content (AvgIpc) is 3.45. The maximum absolute atomic E-state index is 12.1. The van der Waals surface area contributed by atoms with E-state index in [1.165, 1.54) is 0 Å². The van der Waals surface area contributed by atoms with Crippen LogP contribution in [0.25, 0.3) is 22.2 Å². The number of benzene rings is 1. The van der Waals surface area contributed by atoms with Crippen molar-refractivity contribution in [3.8, 4) is 22.9 Å². The molecule has 4 aromatic rings. The molecule has 1 N–H and O–H groups in total. The number of likely N-dealkylation sites (tertiary alicyclic amines) is 1. The maximum Gasteiger partial charge on any atom is 0.248 e. The first kappa shape index (κ1) is 22.6. The fourth-order valence-electron chi connectivity index (χ4n) is 4.97. The molecule has 9 heteroatoms. The molecule has 0 spiro atoms. The Morgan fingerprint density at radius 2 is 1.97 bits per heavy atom. The number of morpholine rings is 1.